The van der Waals surface area contributed by atoms with Gasteiger partial charge in [0.2, 0.25) is 0 Å². The molecule has 0 aliphatic rings. The summed E-state index contributed by atoms with van der Waals surface area (Å²) in [4.78, 5) is 0.259. The second kappa shape index (κ2) is 6.44. The minimum absolute atomic E-state index is 0.259. The smallest absolute Gasteiger partial charge is 0.261 e. The van der Waals surface area contributed by atoms with E-state index in [1.54, 1.807) is 36.4 Å². The fourth-order valence-electron chi connectivity index (χ4n) is 1.55. The second-order valence-electron chi connectivity index (χ2n) is 4.01. The van der Waals surface area contributed by atoms with Crippen molar-refractivity contribution in [1.82, 2.24) is 0 Å². The Morgan fingerprint density at radius 3 is 2.20 bits per heavy atom. The maximum absolute atomic E-state index is 12.3. The molecule has 0 radical (unpaired) electrons. The second-order valence-corrected chi connectivity index (χ2v) is 8.01. The molecule has 20 heavy (non-hydrogen) atoms. The van der Waals surface area contributed by atoms with E-state index in [2.05, 4.69) is 56.5 Å². The van der Waals surface area contributed by atoms with E-state index < -0.39 is 10.0 Å². The van der Waals surface area contributed by atoms with Gasteiger partial charge in [-0.3, -0.25) is 4.72 Å². The molecule has 2 aromatic carbocycles. The van der Waals surface area contributed by atoms with Crippen LogP contribution in [0.2, 0.25) is 0 Å². The number of hydrogen-bond acceptors (Lipinski definition) is 2. The first-order chi connectivity index (χ1) is 9.42. The van der Waals surface area contributed by atoms with Gasteiger partial charge in [-0.1, -0.05) is 24.8 Å². The molecular formula is C14H11I2NO2S. The summed E-state index contributed by atoms with van der Waals surface area (Å²) in [6.07, 6.45) is 1.71. The lowest BCUT2D eigenvalue weighted by atomic mass is 10.2. The number of halogens is 2. The van der Waals surface area contributed by atoms with Gasteiger partial charge in [-0.05, 0) is 81.1 Å². The van der Waals surface area contributed by atoms with E-state index in [0.29, 0.717) is 5.69 Å². The minimum Gasteiger partial charge on any atom is -0.280 e. The quantitative estimate of drug-likeness (QED) is 0.622. The van der Waals surface area contributed by atoms with E-state index in [1.807, 2.05) is 12.1 Å². The van der Waals surface area contributed by atoms with Crippen molar-refractivity contribution in [2.75, 3.05) is 4.72 Å². The number of benzene rings is 2. The number of rotatable bonds is 4. The Morgan fingerprint density at radius 2 is 1.65 bits per heavy atom. The summed E-state index contributed by atoms with van der Waals surface area (Å²) in [6, 6.07) is 12.1. The van der Waals surface area contributed by atoms with Crippen molar-refractivity contribution >= 4 is 67.0 Å². The number of sulfonamides is 1. The summed E-state index contributed by atoms with van der Waals surface area (Å²) in [5.74, 6) is 0. The van der Waals surface area contributed by atoms with Crippen molar-refractivity contribution < 1.29 is 8.42 Å². The summed E-state index contributed by atoms with van der Waals surface area (Å²) >= 11 is 4.29. The van der Waals surface area contributed by atoms with Crippen molar-refractivity contribution in [1.29, 1.82) is 0 Å². The molecule has 0 atom stereocenters. The molecule has 0 heterocycles. The fraction of sp³-hybridized carbons (Fsp3) is 0. The van der Waals surface area contributed by atoms with Crippen LogP contribution >= 0.6 is 45.2 Å². The first kappa shape index (κ1) is 15.8. The average Bonchev–Trinajstić information content (AvgIpc) is 2.42. The van der Waals surface area contributed by atoms with Crippen LogP contribution < -0.4 is 4.72 Å². The molecule has 0 bridgehead atoms. The SMILES string of the molecule is C=Cc1ccc(NS(=O)(=O)c2ccc(I)c(I)c2)cc1. The van der Waals surface area contributed by atoms with Gasteiger partial charge >= 0.3 is 0 Å². The highest BCUT2D eigenvalue weighted by atomic mass is 127. The highest BCUT2D eigenvalue weighted by molar-refractivity contribution is 14.1. The van der Waals surface area contributed by atoms with Gasteiger partial charge in [0.1, 0.15) is 0 Å². The zero-order valence-electron chi connectivity index (χ0n) is 10.3. The lowest BCUT2D eigenvalue weighted by Crippen LogP contribution is -2.13. The van der Waals surface area contributed by atoms with Gasteiger partial charge < -0.3 is 0 Å². The van der Waals surface area contributed by atoms with E-state index in [4.69, 9.17) is 0 Å². The van der Waals surface area contributed by atoms with Crippen LogP contribution in [0.1, 0.15) is 5.56 Å². The van der Waals surface area contributed by atoms with E-state index in [1.165, 1.54) is 0 Å². The molecule has 2 aromatic rings. The molecule has 0 aliphatic heterocycles. The summed E-state index contributed by atoms with van der Waals surface area (Å²) < 4.78 is 29.1. The van der Waals surface area contributed by atoms with Crippen molar-refractivity contribution in [3.05, 3.63) is 61.7 Å². The molecule has 1 N–H and O–H groups in total. The summed E-state index contributed by atoms with van der Waals surface area (Å²) in [5, 5.41) is 0. The maximum Gasteiger partial charge on any atom is 0.261 e. The van der Waals surface area contributed by atoms with Crippen LogP contribution in [0.4, 0.5) is 5.69 Å². The predicted molar refractivity (Wildman–Crippen MR) is 99.2 cm³/mol. The van der Waals surface area contributed by atoms with Gasteiger partial charge in [-0.25, -0.2) is 8.42 Å². The van der Waals surface area contributed by atoms with Crippen LogP contribution in [0.3, 0.4) is 0 Å². The molecule has 0 amide bonds. The van der Waals surface area contributed by atoms with E-state index in [-0.39, 0.29) is 4.90 Å². The Bertz CT molecular complexity index is 740. The average molecular weight is 511 g/mol. The van der Waals surface area contributed by atoms with Crippen molar-refractivity contribution in [3.8, 4) is 0 Å². The highest BCUT2D eigenvalue weighted by Crippen LogP contribution is 2.22. The third-order valence-corrected chi connectivity index (χ3v) is 6.84. The molecule has 0 aliphatic carbocycles. The standard InChI is InChI=1S/C14H11I2NO2S/c1-2-10-3-5-11(6-4-10)17-20(18,19)12-7-8-13(15)14(16)9-12/h2-9,17H,1H2. The molecule has 2 rings (SSSR count). The summed E-state index contributed by atoms with van der Waals surface area (Å²) in [6.45, 7) is 3.66. The van der Waals surface area contributed by atoms with Crippen LogP contribution in [-0.2, 0) is 10.0 Å². The largest absolute Gasteiger partial charge is 0.280 e. The Balaban J connectivity index is 2.30. The molecule has 0 aromatic heterocycles. The third-order valence-electron chi connectivity index (χ3n) is 2.60. The molecule has 6 heteroatoms. The van der Waals surface area contributed by atoms with Crippen molar-refractivity contribution in [2.24, 2.45) is 0 Å². The number of hydrogen-bond donors (Lipinski definition) is 1. The lowest BCUT2D eigenvalue weighted by Gasteiger charge is -2.09. The van der Waals surface area contributed by atoms with Gasteiger partial charge in [0, 0.05) is 12.8 Å². The molecule has 0 saturated heterocycles. The minimum atomic E-state index is -3.56. The topological polar surface area (TPSA) is 46.2 Å². The monoisotopic (exact) mass is 511 g/mol. The van der Waals surface area contributed by atoms with E-state index in [9.17, 15) is 8.42 Å². The van der Waals surface area contributed by atoms with Crippen molar-refractivity contribution in [2.45, 2.75) is 4.90 Å². The van der Waals surface area contributed by atoms with Crippen LogP contribution in [-0.4, -0.2) is 8.42 Å². The van der Waals surface area contributed by atoms with Crippen LogP contribution in [0.25, 0.3) is 6.08 Å². The molecule has 0 spiro atoms. The zero-order chi connectivity index (χ0) is 14.8. The van der Waals surface area contributed by atoms with Crippen LogP contribution in [0.15, 0.2) is 53.9 Å². The maximum atomic E-state index is 12.3. The van der Waals surface area contributed by atoms with Crippen molar-refractivity contribution in [3.63, 3.8) is 0 Å². The lowest BCUT2D eigenvalue weighted by molar-refractivity contribution is 0.601. The first-order valence-electron chi connectivity index (χ1n) is 5.63. The zero-order valence-corrected chi connectivity index (χ0v) is 15.4. The van der Waals surface area contributed by atoms with E-state index in [0.717, 1.165) is 12.7 Å². The normalized spacial score (nSPS) is 11.1. The number of anilines is 1. The van der Waals surface area contributed by atoms with Crippen LogP contribution in [0.5, 0.6) is 0 Å². The van der Waals surface area contributed by atoms with Gasteiger partial charge in [-0.2, -0.15) is 0 Å². The Kier molecular flexibility index (Phi) is 5.08. The first-order valence-corrected chi connectivity index (χ1v) is 9.27. The highest BCUT2D eigenvalue weighted by Gasteiger charge is 2.15. The van der Waals surface area contributed by atoms with E-state index >= 15 is 0 Å². The molecular weight excluding hydrogens is 500 g/mol. The van der Waals surface area contributed by atoms with Crippen LogP contribution in [0, 0.1) is 7.14 Å². The molecule has 0 unspecified atom stereocenters. The number of nitrogens with one attached hydrogen (secondary N) is 1. The Labute approximate surface area is 145 Å². The molecule has 0 saturated carbocycles. The third kappa shape index (κ3) is 3.73. The summed E-state index contributed by atoms with van der Waals surface area (Å²) in [7, 11) is -3.56. The Morgan fingerprint density at radius 1 is 1.00 bits per heavy atom. The molecule has 3 nitrogen and oxygen atoms in total. The molecule has 0 fully saturated rings. The predicted octanol–water partition coefficient (Wildman–Crippen LogP) is 4.34. The molecule has 104 valence electrons. The van der Waals surface area contributed by atoms with Gasteiger partial charge in [0.25, 0.3) is 10.0 Å². The Hall–Kier alpha value is -0.610. The summed E-state index contributed by atoms with van der Waals surface area (Å²) in [5.41, 5.74) is 1.47. The van der Waals surface area contributed by atoms with Gasteiger partial charge in [0.05, 0.1) is 4.90 Å². The van der Waals surface area contributed by atoms with Gasteiger partial charge in [-0.15, -0.1) is 0 Å². The fourth-order valence-corrected chi connectivity index (χ4v) is 3.69. The van der Waals surface area contributed by atoms with Gasteiger partial charge in [0.15, 0.2) is 0 Å².